The first-order valence-corrected chi connectivity index (χ1v) is 5.33. The first-order chi connectivity index (χ1) is 8.80. The third kappa shape index (κ3) is 4.63. The number of amides is 1. The molecule has 0 saturated heterocycles. The van der Waals surface area contributed by atoms with Gasteiger partial charge in [0.1, 0.15) is 5.82 Å². The van der Waals surface area contributed by atoms with Crippen molar-refractivity contribution in [3.05, 3.63) is 54.2 Å². The zero-order valence-corrected chi connectivity index (χ0v) is 9.78. The normalized spacial score (nSPS) is 8.94. The third-order valence-electron chi connectivity index (χ3n) is 2.07. The van der Waals surface area contributed by atoms with E-state index in [0.29, 0.717) is 0 Å². The molecule has 0 bridgehead atoms. The molecule has 0 spiro atoms. The van der Waals surface area contributed by atoms with Crippen molar-refractivity contribution in [3.63, 3.8) is 0 Å². The number of carbonyl (C=O) groups excluding carboxylic acids is 1. The first kappa shape index (κ1) is 13.7. The molecular weight excluding hydrogens is 230 g/mol. The van der Waals surface area contributed by atoms with Gasteiger partial charge in [0.25, 0.3) is 0 Å². The van der Waals surface area contributed by atoms with Crippen LogP contribution in [-0.4, -0.2) is 16.5 Å². The van der Waals surface area contributed by atoms with Gasteiger partial charge in [-0.15, -0.1) is 0 Å². The quantitative estimate of drug-likeness (QED) is 0.713. The Morgan fingerprint density at radius 2 is 1.89 bits per heavy atom. The van der Waals surface area contributed by atoms with Gasteiger partial charge in [0, 0.05) is 11.9 Å². The van der Waals surface area contributed by atoms with E-state index in [1.165, 1.54) is 0 Å². The summed E-state index contributed by atoms with van der Waals surface area (Å²) in [6.45, 7) is 0.0733. The van der Waals surface area contributed by atoms with E-state index >= 15 is 0 Å². The highest BCUT2D eigenvalue weighted by molar-refractivity contribution is 5.55. The lowest BCUT2D eigenvalue weighted by atomic mass is 10.2. The van der Waals surface area contributed by atoms with E-state index in [0.717, 1.165) is 17.1 Å². The molecule has 0 aliphatic heterocycles. The molecule has 5 heteroatoms. The minimum absolute atomic E-state index is 0.0733. The second kappa shape index (κ2) is 7.81. The Balaban J connectivity index is 0.000000492. The number of aliphatic hydroxyl groups excluding tert-OH is 1. The topological polar surface area (TPSA) is 88.2 Å². The maximum absolute atomic E-state index is 8.89. The Kier molecular flexibility index (Phi) is 5.93. The molecule has 2 rings (SSSR count). The van der Waals surface area contributed by atoms with Gasteiger partial charge in [0.15, 0.2) is 0 Å². The molecule has 0 fully saturated rings. The number of benzene rings is 1. The van der Waals surface area contributed by atoms with E-state index in [1.54, 1.807) is 6.20 Å². The Morgan fingerprint density at radius 3 is 2.39 bits per heavy atom. The van der Waals surface area contributed by atoms with Crippen LogP contribution in [0.4, 0.5) is 11.5 Å². The highest BCUT2D eigenvalue weighted by Gasteiger charge is 1.94. The van der Waals surface area contributed by atoms with Gasteiger partial charge in [-0.3, -0.25) is 4.79 Å². The number of primary amides is 1. The van der Waals surface area contributed by atoms with E-state index in [2.05, 4.69) is 16.0 Å². The molecule has 4 N–H and O–H groups in total. The summed E-state index contributed by atoms with van der Waals surface area (Å²) in [5.74, 6) is 0.814. The van der Waals surface area contributed by atoms with Crippen LogP contribution >= 0.6 is 0 Å². The summed E-state index contributed by atoms with van der Waals surface area (Å²) in [5, 5.41) is 12.0. The molecule has 0 aliphatic carbocycles. The maximum atomic E-state index is 8.89. The molecule has 0 aliphatic rings. The number of nitrogens with one attached hydrogen (secondary N) is 1. The summed E-state index contributed by atoms with van der Waals surface area (Å²) in [4.78, 5) is 12.7. The number of carbonyl (C=O) groups is 1. The fourth-order valence-electron chi connectivity index (χ4n) is 1.28. The fourth-order valence-corrected chi connectivity index (χ4v) is 1.28. The van der Waals surface area contributed by atoms with Crippen molar-refractivity contribution in [2.24, 2.45) is 5.73 Å². The van der Waals surface area contributed by atoms with Crippen LogP contribution in [-0.2, 0) is 11.4 Å². The molecule has 94 valence electrons. The van der Waals surface area contributed by atoms with Crippen LogP contribution < -0.4 is 11.1 Å². The van der Waals surface area contributed by atoms with Gasteiger partial charge in [-0.1, -0.05) is 18.2 Å². The number of aromatic nitrogens is 1. The highest BCUT2D eigenvalue weighted by Crippen LogP contribution is 2.14. The predicted octanol–water partition coefficient (Wildman–Crippen LogP) is 1.42. The summed E-state index contributed by atoms with van der Waals surface area (Å²) in [7, 11) is 0. The Labute approximate surface area is 105 Å². The molecule has 18 heavy (non-hydrogen) atoms. The van der Waals surface area contributed by atoms with Crippen LogP contribution in [0.1, 0.15) is 5.56 Å². The fraction of sp³-hybridized carbons (Fsp3) is 0.0769. The predicted molar refractivity (Wildman–Crippen MR) is 70.1 cm³/mol. The smallest absolute Gasteiger partial charge is 0.204 e. The lowest BCUT2D eigenvalue weighted by Gasteiger charge is -2.05. The molecular formula is C13H15N3O2. The van der Waals surface area contributed by atoms with Crippen LogP contribution in [0, 0.1) is 0 Å². The number of pyridine rings is 1. The van der Waals surface area contributed by atoms with Crippen LogP contribution in [0.25, 0.3) is 0 Å². The van der Waals surface area contributed by atoms with Crippen molar-refractivity contribution in [2.45, 2.75) is 6.61 Å². The van der Waals surface area contributed by atoms with Crippen LogP contribution in [0.15, 0.2) is 48.7 Å². The maximum Gasteiger partial charge on any atom is 0.204 e. The zero-order chi connectivity index (χ0) is 13.2. The molecule has 2 aromatic rings. The lowest BCUT2D eigenvalue weighted by Crippen LogP contribution is -1.92. The van der Waals surface area contributed by atoms with Gasteiger partial charge < -0.3 is 16.2 Å². The number of aliphatic hydroxyl groups is 1. The highest BCUT2D eigenvalue weighted by atomic mass is 16.3. The van der Waals surface area contributed by atoms with Crippen molar-refractivity contribution in [3.8, 4) is 0 Å². The molecule has 0 unspecified atom stereocenters. The summed E-state index contributed by atoms with van der Waals surface area (Å²) < 4.78 is 0. The van der Waals surface area contributed by atoms with Gasteiger partial charge in [0.05, 0.1) is 6.61 Å². The van der Waals surface area contributed by atoms with E-state index < -0.39 is 0 Å². The number of nitrogens with zero attached hydrogens (tertiary/aromatic N) is 1. The SMILES string of the molecule is NC=O.OCc1ccc(Nc2ccccn2)cc1. The average molecular weight is 245 g/mol. The van der Waals surface area contributed by atoms with Crippen LogP contribution in [0.5, 0.6) is 0 Å². The second-order valence-corrected chi connectivity index (χ2v) is 3.33. The van der Waals surface area contributed by atoms with Crippen molar-refractivity contribution < 1.29 is 9.90 Å². The van der Waals surface area contributed by atoms with E-state index in [1.807, 2.05) is 42.5 Å². The number of hydrogen-bond donors (Lipinski definition) is 3. The van der Waals surface area contributed by atoms with Crippen molar-refractivity contribution in [1.29, 1.82) is 0 Å². The van der Waals surface area contributed by atoms with Crippen LogP contribution in [0.3, 0.4) is 0 Å². The molecule has 1 aromatic carbocycles. The van der Waals surface area contributed by atoms with Gasteiger partial charge in [-0.25, -0.2) is 4.98 Å². The standard InChI is InChI=1S/C12H12N2O.CH3NO/c15-9-10-4-6-11(7-5-10)14-12-3-1-2-8-13-12;2-1-3/h1-8,15H,9H2,(H,13,14);1H,(H2,2,3). The lowest BCUT2D eigenvalue weighted by molar-refractivity contribution is -0.106. The number of anilines is 2. The Morgan fingerprint density at radius 1 is 1.22 bits per heavy atom. The molecule has 5 nitrogen and oxygen atoms in total. The molecule has 1 amide bonds. The minimum Gasteiger partial charge on any atom is -0.392 e. The Hall–Kier alpha value is -2.40. The van der Waals surface area contributed by atoms with Gasteiger partial charge in [-0.2, -0.15) is 0 Å². The summed E-state index contributed by atoms with van der Waals surface area (Å²) in [6, 6.07) is 13.3. The van der Waals surface area contributed by atoms with Gasteiger partial charge >= 0.3 is 0 Å². The van der Waals surface area contributed by atoms with Crippen molar-refractivity contribution in [2.75, 3.05) is 5.32 Å². The number of hydrogen-bond acceptors (Lipinski definition) is 4. The zero-order valence-electron chi connectivity index (χ0n) is 9.78. The molecule has 0 atom stereocenters. The average Bonchev–Trinajstić information content (AvgIpc) is 2.42. The van der Waals surface area contributed by atoms with E-state index in [9.17, 15) is 0 Å². The summed E-state index contributed by atoms with van der Waals surface area (Å²) in [6.07, 6.45) is 1.99. The molecule has 1 aromatic heterocycles. The molecule has 0 radical (unpaired) electrons. The van der Waals surface area contributed by atoms with Gasteiger partial charge in [-0.05, 0) is 29.8 Å². The second-order valence-electron chi connectivity index (χ2n) is 3.33. The monoisotopic (exact) mass is 245 g/mol. The minimum atomic E-state index is 0.0733. The van der Waals surface area contributed by atoms with Crippen molar-refractivity contribution >= 4 is 17.9 Å². The number of rotatable bonds is 3. The first-order valence-electron chi connectivity index (χ1n) is 5.33. The molecule has 1 heterocycles. The van der Waals surface area contributed by atoms with Crippen molar-refractivity contribution in [1.82, 2.24) is 4.98 Å². The van der Waals surface area contributed by atoms with Gasteiger partial charge in [0.2, 0.25) is 6.41 Å². The van der Waals surface area contributed by atoms with E-state index in [4.69, 9.17) is 9.90 Å². The largest absolute Gasteiger partial charge is 0.392 e. The summed E-state index contributed by atoms with van der Waals surface area (Å²) in [5.41, 5.74) is 6.03. The summed E-state index contributed by atoms with van der Waals surface area (Å²) >= 11 is 0. The Bertz CT molecular complexity index is 457. The number of nitrogens with two attached hydrogens (primary N) is 1. The van der Waals surface area contributed by atoms with E-state index in [-0.39, 0.29) is 13.0 Å². The third-order valence-corrected chi connectivity index (χ3v) is 2.07. The molecule has 0 saturated carbocycles. The van der Waals surface area contributed by atoms with Crippen LogP contribution in [0.2, 0.25) is 0 Å².